The van der Waals surface area contributed by atoms with Gasteiger partial charge in [0.05, 0.1) is 34.3 Å². The van der Waals surface area contributed by atoms with E-state index in [4.69, 9.17) is 23.2 Å². The van der Waals surface area contributed by atoms with Crippen LogP contribution in [0.3, 0.4) is 0 Å². The van der Waals surface area contributed by atoms with Crippen LogP contribution in [0.1, 0.15) is 85.3 Å². The molecular formula is C47H48Cl2F6N10O8S4. The summed E-state index contributed by atoms with van der Waals surface area (Å²) < 4.78 is 126. The van der Waals surface area contributed by atoms with Crippen molar-refractivity contribution < 1.29 is 62.4 Å². The third-order valence-corrected chi connectivity index (χ3v) is 16.5. The number of halogens is 8. The number of sulfonamides is 2. The standard InChI is InChI=1S/C24H25ClF3N5O4S2.C23H23ClF3N5O4S2/c1-2-15-5-7-16(8-6-15)23(35)31-14-18-9-10-21(38-18)39(36,37)33-32-20(34)4-3-11-29-22-19(25)12-17(13-30-22)24(26,27)28;1-14-4-6-15(7-5-14)22(34)30-13-17-8-9-20(37-17)38(35,36)32-31-19(33)3-2-10-28-21-18(24)11-16(12-29-21)23(25,26)27/h5-10,12-13,33H,2-4,11,14H2,1H3,(H,29,30)(H,31,35)(H,32,34);4-9,11-12,32H,2-3,10,13H2,1H3,(H,28,29)(H,30,34)(H,31,33). The van der Waals surface area contributed by atoms with Crippen molar-refractivity contribution in [1.82, 2.24) is 41.1 Å². The number of anilines is 2. The highest BCUT2D eigenvalue weighted by atomic mass is 35.5. The molecule has 2 aromatic carbocycles. The van der Waals surface area contributed by atoms with Crippen LogP contribution in [-0.4, -0.2) is 63.5 Å². The molecule has 0 bridgehead atoms. The van der Waals surface area contributed by atoms with Crippen LogP contribution < -0.4 is 41.8 Å². The van der Waals surface area contributed by atoms with Gasteiger partial charge in [0.2, 0.25) is 11.8 Å². The molecule has 414 valence electrons. The lowest BCUT2D eigenvalue weighted by Crippen LogP contribution is -2.41. The fourth-order valence-electron chi connectivity index (χ4n) is 6.16. The zero-order valence-corrected chi connectivity index (χ0v) is 45.2. The quantitative estimate of drug-likeness (QED) is 0.0170. The van der Waals surface area contributed by atoms with Crippen LogP contribution in [-0.2, 0) is 61.5 Å². The lowest BCUT2D eigenvalue weighted by Gasteiger charge is -2.11. The molecule has 18 nitrogen and oxygen atoms in total. The molecule has 0 atom stereocenters. The van der Waals surface area contributed by atoms with E-state index in [0.29, 0.717) is 33.3 Å². The molecular weight excluding hydrogens is 1150 g/mol. The van der Waals surface area contributed by atoms with Gasteiger partial charge in [-0.15, -0.1) is 32.3 Å². The molecule has 0 aliphatic rings. The van der Waals surface area contributed by atoms with Gasteiger partial charge in [-0.3, -0.25) is 30.0 Å². The Morgan fingerprint density at radius 2 is 0.974 bits per heavy atom. The second kappa shape index (κ2) is 27.8. The van der Waals surface area contributed by atoms with Gasteiger partial charge in [-0.2, -0.15) is 26.3 Å². The SMILES string of the molecule is CCc1ccc(C(=O)NCc2ccc(S(=O)(=O)NNC(=O)CCCNc3ncc(C(F)(F)F)cc3Cl)s2)cc1.Cc1ccc(C(=O)NCc2ccc(S(=O)(=O)NNC(=O)CCCNc3ncc(C(F)(F)F)cc3Cl)s2)cc1. The first-order valence-electron chi connectivity index (χ1n) is 22.7. The lowest BCUT2D eigenvalue weighted by molar-refractivity contribution is -0.138. The molecule has 6 aromatic rings. The minimum absolute atomic E-state index is 0.0318. The van der Waals surface area contributed by atoms with Crippen molar-refractivity contribution >= 4 is 101 Å². The monoisotopic (exact) mass is 1190 g/mol. The number of nitrogens with one attached hydrogen (secondary N) is 8. The number of benzene rings is 2. The van der Waals surface area contributed by atoms with Crippen LogP contribution in [0.15, 0.2) is 106 Å². The van der Waals surface area contributed by atoms with Crippen molar-refractivity contribution in [3.8, 4) is 0 Å². The minimum atomic E-state index is -4.57. The number of alkyl halides is 6. The molecule has 0 radical (unpaired) electrons. The van der Waals surface area contributed by atoms with Crippen molar-refractivity contribution in [3.05, 3.63) is 151 Å². The van der Waals surface area contributed by atoms with E-state index >= 15 is 0 Å². The first-order chi connectivity index (χ1) is 36.2. The second-order valence-corrected chi connectivity index (χ2v) is 23.2. The highest BCUT2D eigenvalue weighted by Crippen LogP contribution is 2.34. The Labute approximate surface area is 456 Å². The second-order valence-electron chi connectivity index (χ2n) is 16.2. The summed E-state index contributed by atoms with van der Waals surface area (Å²) in [6, 6.07) is 21.5. The predicted molar refractivity (Wildman–Crippen MR) is 279 cm³/mol. The average molecular weight is 1190 g/mol. The smallest absolute Gasteiger partial charge is 0.369 e. The Bertz CT molecular complexity index is 3240. The summed E-state index contributed by atoms with van der Waals surface area (Å²) in [5.74, 6) is -1.76. The van der Waals surface area contributed by atoms with Gasteiger partial charge >= 0.3 is 12.4 Å². The van der Waals surface area contributed by atoms with Gasteiger partial charge in [0.1, 0.15) is 20.1 Å². The van der Waals surface area contributed by atoms with Gasteiger partial charge < -0.3 is 21.3 Å². The molecule has 0 aliphatic heterocycles. The fourth-order valence-corrected chi connectivity index (χ4v) is 10.9. The van der Waals surface area contributed by atoms with Gasteiger partial charge in [0.25, 0.3) is 31.9 Å². The predicted octanol–water partition coefficient (Wildman–Crippen LogP) is 8.77. The number of carbonyl (C=O) groups excluding carboxylic acids is 4. The number of amides is 4. The van der Waals surface area contributed by atoms with Gasteiger partial charge in [0.15, 0.2) is 0 Å². The first kappa shape index (κ1) is 61.5. The first-order valence-corrected chi connectivity index (χ1v) is 28.0. The van der Waals surface area contributed by atoms with E-state index in [1.54, 1.807) is 36.4 Å². The van der Waals surface area contributed by atoms with E-state index in [2.05, 4.69) is 42.1 Å². The highest BCUT2D eigenvalue weighted by Gasteiger charge is 2.32. The van der Waals surface area contributed by atoms with Crippen molar-refractivity contribution in [2.24, 2.45) is 0 Å². The van der Waals surface area contributed by atoms with Gasteiger partial charge in [0, 0.05) is 59.2 Å². The number of aryl methyl sites for hydroxylation is 2. The topological polar surface area (TPSA) is 259 Å². The minimum Gasteiger partial charge on any atom is -0.369 e. The molecule has 6 rings (SSSR count). The molecule has 30 heteroatoms. The number of thiophene rings is 2. The molecule has 8 N–H and O–H groups in total. The zero-order chi connectivity index (χ0) is 56.6. The number of hydrogen-bond acceptors (Lipinski definition) is 14. The fraction of sp³-hybridized carbons (Fsp3) is 0.277. The number of carbonyl (C=O) groups is 4. The van der Waals surface area contributed by atoms with E-state index < -0.39 is 55.3 Å². The third-order valence-electron chi connectivity index (χ3n) is 10.3. The van der Waals surface area contributed by atoms with E-state index in [-0.39, 0.29) is 93.8 Å². The number of nitrogens with zero attached hydrogens (tertiary/aromatic N) is 2. The van der Waals surface area contributed by atoms with Gasteiger partial charge in [-0.25, -0.2) is 26.8 Å². The van der Waals surface area contributed by atoms with Crippen LogP contribution in [0.5, 0.6) is 0 Å². The highest BCUT2D eigenvalue weighted by molar-refractivity contribution is 7.91. The maximum atomic E-state index is 12.7. The van der Waals surface area contributed by atoms with E-state index in [9.17, 15) is 62.4 Å². The van der Waals surface area contributed by atoms with Crippen LogP contribution in [0.2, 0.25) is 10.0 Å². The molecule has 0 spiro atoms. The van der Waals surface area contributed by atoms with Crippen molar-refractivity contribution in [2.75, 3.05) is 23.7 Å². The number of hydrogen-bond donors (Lipinski definition) is 8. The van der Waals surface area contributed by atoms with Crippen LogP contribution in [0.25, 0.3) is 0 Å². The Balaban J connectivity index is 0.000000284. The summed E-state index contributed by atoms with van der Waals surface area (Å²) >= 11 is 13.5. The molecule has 0 saturated carbocycles. The molecule has 0 fully saturated rings. The summed E-state index contributed by atoms with van der Waals surface area (Å²) in [7, 11) is -8.08. The normalized spacial score (nSPS) is 11.7. The number of rotatable bonds is 23. The summed E-state index contributed by atoms with van der Waals surface area (Å²) in [6.45, 7) is 4.49. The van der Waals surface area contributed by atoms with Crippen LogP contribution in [0, 0.1) is 6.92 Å². The molecule has 0 saturated heterocycles. The Kier molecular flexibility index (Phi) is 22.2. The molecule has 77 heavy (non-hydrogen) atoms. The largest absolute Gasteiger partial charge is 0.417 e. The molecule has 4 amide bonds. The van der Waals surface area contributed by atoms with E-state index in [0.717, 1.165) is 52.4 Å². The summed E-state index contributed by atoms with van der Waals surface area (Å²) in [4.78, 5) is 61.1. The van der Waals surface area contributed by atoms with Crippen molar-refractivity contribution in [2.45, 2.75) is 79.8 Å². The van der Waals surface area contributed by atoms with E-state index in [1.165, 1.54) is 12.1 Å². The molecule has 0 aliphatic carbocycles. The number of aromatic nitrogens is 2. The summed E-state index contributed by atoms with van der Waals surface area (Å²) in [6.07, 6.45) is -6.73. The molecule has 4 heterocycles. The Morgan fingerprint density at radius 1 is 0.584 bits per heavy atom. The van der Waals surface area contributed by atoms with Gasteiger partial charge in [-0.1, -0.05) is 60.0 Å². The molecule has 4 aromatic heterocycles. The Morgan fingerprint density at radius 3 is 1.34 bits per heavy atom. The Hall–Kier alpha value is -6.40. The lowest BCUT2D eigenvalue weighted by atomic mass is 10.1. The van der Waals surface area contributed by atoms with Crippen molar-refractivity contribution in [3.63, 3.8) is 0 Å². The zero-order valence-electron chi connectivity index (χ0n) is 40.4. The number of hydrazine groups is 2. The van der Waals surface area contributed by atoms with E-state index in [1.807, 2.05) is 47.8 Å². The average Bonchev–Trinajstić information content (AvgIpc) is 4.09. The summed E-state index contributed by atoms with van der Waals surface area (Å²) in [5, 5.41) is 10.5. The van der Waals surface area contributed by atoms with Crippen molar-refractivity contribution in [1.29, 1.82) is 0 Å². The summed E-state index contributed by atoms with van der Waals surface area (Å²) in [5.41, 5.74) is 5.36. The third kappa shape index (κ3) is 19.5. The van der Waals surface area contributed by atoms with Crippen LogP contribution in [0.4, 0.5) is 38.0 Å². The number of pyridine rings is 2. The van der Waals surface area contributed by atoms with Gasteiger partial charge in [-0.05, 0) is 92.4 Å². The van der Waals surface area contributed by atoms with Crippen LogP contribution >= 0.6 is 45.9 Å². The maximum Gasteiger partial charge on any atom is 0.417 e. The maximum absolute atomic E-state index is 12.7. The molecule has 0 unspecified atom stereocenters.